The third-order valence-corrected chi connectivity index (χ3v) is 2.72. The predicted molar refractivity (Wildman–Crippen MR) is 68.8 cm³/mol. The van der Waals surface area contributed by atoms with E-state index in [0.717, 1.165) is 18.6 Å². The van der Waals surface area contributed by atoms with Crippen molar-refractivity contribution in [3.63, 3.8) is 0 Å². The average Bonchev–Trinajstić information content (AvgIpc) is 2.30. The van der Waals surface area contributed by atoms with Gasteiger partial charge in [-0.05, 0) is 32.9 Å². The number of nitrogens with one attached hydrogen (secondary N) is 1. The Morgan fingerprint density at radius 1 is 1.44 bits per heavy atom. The smallest absolute Gasteiger partial charge is 0.123 e. The molecule has 0 saturated carbocycles. The first kappa shape index (κ1) is 12.8. The summed E-state index contributed by atoms with van der Waals surface area (Å²) in [5.41, 5.74) is 2.43. The maximum Gasteiger partial charge on any atom is 0.123 e. The number of methoxy groups -OCH3 is 1. The Balaban J connectivity index is 2.81. The summed E-state index contributed by atoms with van der Waals surface area (Å²) in [6, 6.07) is 8.48. The van der Waals surface area contributed by atoms with Gasteiger partial charge in [0.15, 0.2) is 0 Å². The molecule has 2 nitrogen and oxygen atoms in total. The third-order valence-electron chi connectivity index (χ3n) is 2.72. The van der Waals surface area contributed by atoms with E-state index in [2.05, 4.69) is 24.9 Å². The molecule has 1 unspecified atom stereocenters. The number of benzene rings is 1. The van der Waals surface area contributed by atoms with Crippen molar-refractivity contribution in [2.75, 3.05) is 14.2 Å². The van der Waals surface area contributed by atoms with Gasteiger partial charge >= 0.3 is 0 Å². The summed E-state index contributed by atoms with van der Waals surface area (Å²) in [5.74, 6) is 0.948. The fraction of sp³-hybridized carbons (Fsp3) is 0.429. The molecule has 1 rings (SSSR count). The molecule has 0 spiro atoms. The van der Waals surface area contributed by atoms with Gasteiger partial charge in [-0.2, -0.15) is 0 Å². The molecule has 1 aromatic carbocycles. The molecule has 0 bridgehead atoms. The molecule has 0 aliphatic heterocycles. The molecule has 0 aliphatic rings. The highest BCUT2D eigenvalue weighted by molar-refractivity contribution is 5.35. The lowest BCUT2D eigenvalue weighted by atomic mass is 9.99. The zero-order chi connectivity index (χ0) is 12.0. The monoisotopic (exact) mass is 219 g/mol. The fourth-order valence-corrected chi connectivity index (χ4v) is 1.80. The maximum absolute atomic E-state index is 5.37. The number of para-hydroxylation sites is 1. The van der Waals surface area contributed by atoms with Gasteiger partial charge in [-0.15, -0.1) is 6.58 Å². The summed E-state index contributed by atoms with van der Waals surface area (Å²) in [7, 11) is 3.69. The first-order valence-corrected chi connectivity index (χ1v) is 5.63. The third kappa shape index (κ3) is 3.38. The van der Waals surface area contributed by atoms with E-state index in [4.69, 9.17) is 4.74 Å². The first-order chi connectivity index (χ1) is 7.69. The molecule has 0 radical (unpaired) electrons. The van der Waals surface area contributed by atoms with E-state index in [1.165, 1.54) is 11.1 Å². The molecule has 1 N–H and O–H groups in total. The molecular formula is C14H21NO. The normalized spacial score (nSPS) is 12.2. The van der Waals surface area contributed by atoms with Crippen LogP contribution in [0.3, 0.4) is 0 Å². The van der Waals surface area contributed by atoms with Gasteiger partial charge in [0, 0.05) is 11.6 Å². The number of allylic oxidation sites excluding steroid dienone is 1. The van der Waals surface area contributed by atoms with Crippen LogP contribution in [0, 0.1) is 0 Å². The molecule has 0 aromatic heterocycles. The Morgan fingerprint density at radius 3 is 2.69 bits per heavy atom. The standard InChI is InChI=1S/C14H21NO/c1-11(2)9-10-13(15-3)12-7-5-6-8-14(12)16-4/h5-8,13,15H,1,9-10H2,2-4H3. The Labute approximate surface area is 98.3 Å². The highest BCUT2D eigenvalue weighted by Gasteiger charge is 2.13. The van der Waals surface area contributed by atoms with Crippen molar-refractivity contribution in [2.24, 2.45) is 0 Å². The van der Waals surface area contributed by atoms with Crippen LogP contribution in [0.5, 0.6) is 5.75 Å². The van der Waals surface area contributed by atoms with Crippen molar-refractivity contribution in [2.45, 2.75) is 25.8 Å². The highest BCUT2D eigenvalue weighted by Crippen LogP contribution is 2.28. The van der Waals surface area contributed by atoms with Gasteiger partial charge in [-0.1, -0.05) is 23.8 Å². The molecule has 0 saturated heterocycles. The van der Waals surface area contributed by atoms with E-state index in [0.29, 0.717) is 6.04 Å². The van der Waals surface area contributed by atoms with E-state index in [9.17, 15) is 0 Å². The second kappa shape index (κ2) is 6.33. The molecule has 1 aromatic rings. The summed E-state index contributed by atoms with van der Waals surface area (Å²) >= 11 is 0. The van der Waals surface area contributed by atoms with Crippen LogP contribution in [0.4, 0.5) is 0 Å². The van der Waals surface area contributed by atoms with Crippen LogP contribution in [0.1, 0.15) is 31.4 Å². The topological polar surface area (TPSA) is 21.3 Å². The van der Waals surface area contributed by atoms with Crippen molar-refractivity contribution in [3.05, 3.63) is 42.0 Å². The average molecular weight is 219 g/mol. The Hall–Kier alpha value is -1.28. The molecule has 16 heavy (non-hydrogen) atoms. The Morgan fingerprint density at radius 2 is 2.12 bits per heavy atom. The summed E-state index contributed by atoms with van der Waals surface area (Å²) in [5, 5.41) is 3.33. The predicted octanol–water partition coefficient (Wildman–Crippen LogP) is 3.31. The molecule has 0 aliphatic carbocycles. The van der Waals surface area contributed by atoms with E-state index in [1.807, 2.05) is 25.2 Å². The molecule has 0 heterocycles. The second-order valence-electron chi connectivity index (χ2n) is 4.08. The van der Waals surface area contributed by atoms with Crippen LogP contribution < -0.4 is 10.1 Å². The lowest BCUT2D eigenvalue weighted by Gasteiger charge is -2.19. The Bertz CT molecular complexity index is 346. The summed E-state index contributed by atoms with van der Waals surface area (Å²) < 4.78 is 5.37. The summed E-state index contributed by atoms with van der Waals surface area (Å²) in [6.07, 6.45) is 2.08. The lowest BCUT2D eigenvalue weighted by Crippen LogP contribution is -2.17. The molecule has 1 atom stereocenters. The molecule has 0 amide bonds. The van der Waals surface area contributed by atoms with E-state index >= 15 is 0 Å². The zero-order valence-electron chi connectivity index (χ0n) is 10.4. The summed E-state index contributed by atoms with van der Waals surface area (Å²) in [4.78, 5) is 0. The number of hydrogen-bond acceptors (Lipinski definition) is 2. The van der Waals surface area contributed by atoms with E-state index in [-0.39, 0.29) is 0 Å². The van der Waals surface area contributed by atoms with Crippen LogP contribution >= 0.6 is 0 Å². The number of hydrogen-bond donors (Lipinski definition) is 1. The van der Waals surface area contributed by atoms with Crippen molar-refractivity contribution in [3.8, 4) is 5.75 Å². The van der Waals surface area contributed by atoms with Gasteiger partial charge in [0.25, 0.3) is 0 Å². The molecule has 88 valence electrons. The largest absolute Gasteiger partial charge is 0.496 e. The van der Waals surface area contributed by atoms with Crippen LogP contribution in [0.25, 0.3) is 0 Å². The quantitative estimate of drug-likeness (QED) is 0.741. The van der Waals surface area contributed by atoms with Gasteiger partial charge in [0.05, 0.1) is 7.11 Å². The van der Waals surface area contributed by atoms with Crippen LogP contribution in [-0.4, -0.2) is 14.2 Å². The van der Waals surface area contributed by atoms with Crippen molar-refractivity contribution >= 4 is 0 Å². The van der Waals surface area contributed by atoms with Crippen LogP contribution in [0.15, 0.2) is 36.4 Å². The first-order valence-electron chi connectivity index (χ1n) is 5.63. The molecule has 2 heteroatoms. The molecular weight excluding hydrogens is 198 g/mol. The van der Waals surface area contributed by atoms with E-state index in [1.54, 1.807) is 7.11 Å². The van der Waals surface area contributed by atoms with Crippen molar-refractivity contribution in [1.29, 1.82) is 0 Å². The number of rotatable bonds is 6. The number of ether oxygens (including phenoxy) is 1. The fourth-order valence-electron chi connectivity index (χ4n) is 1.80. The van der Waals surface area contributed by atoms with E-state index < -0.39 is 0 Å². The minimum atomic E-state index is 0.327. The maximum atomic E-state index is 5.37. The lowest BCUT2D eigenvalue weighted by molar-refractivity contribution is 0.399. The highest BCUT2D eigenvalue weighted by atomic mass is 16.5. The van der Waals surface area contributed by atoms with Gasteiger partial charge in [0.1, 0.15) is 5.75 Å². The molecule has 0 fully saturated rings. The minimum absolute atomic E-state index is 0.327. The van der Waals surface area contributed by atoms with Crippen LogP contribution in [0.2, 0.25) is 0 Å². The minimum Gasteiger partial charge on any atom is -0.496 e. The zero-order valence-corrected chi connectivity index (χ0v) is 10.4. The van der Waals surface area contributed by atoms with Crippen LogP contribution in [-0.2, 0) is 0 Å². The van der Waals surface area contributed by atoms with Crippen molar-refractivity contribution in [1.82, 2.24) is 5.32 Å². The van der Waals surface area contributed by atoms with Gasteiger partial charge < -0.3 is 10.1 Å². The second-order valence-corrected chi connectivity index (χ2v) is 4.08. The van der Waals surface area contributed by atoms with Gasteiger partial charge in [-0.25, -0.2) is 0 Å². The van der Waals surface area contributed by atoms with Gasteiger partial charge in [0.2, 0.25) is 0 Å². The Kier molecular flexibility index (Phi) is 5.06. The SMILES string of the molecule is C=C(C)CCC(NC)c1ccccc1OC. The summed E-state index contributed by atoms with van der Waals surface area (Å²) in [6.45, 7) is 6.00. The van der Waals surface area contributed by atoms with Gasteiger partial charge in [-0.3, -0.25) is 0 Å². The van der Waals surface area contributed by atoms with Crippen molar-refractivity contribution < 1.29 is 4.74 Å².